The van der Waals surface area contributed by atoms with Crippen LogP contribution in [0.5, 0.6) is 0 Å². The Morgan fingerprint density at radius 3 is 2.93 bits per heavy atom. The summed E-state index contributed by atoms with van der Waals surface area (Å²) in [6.07, 6.45) is 4.99. The highest BCUT2D eigenvalue weighted by Crippen LogP contribution is 2.12. The van der Waals surface area contributed by atoms with Crippen LogP contribution in [0.15, 0.2) is 12.4 Å². The molecule has 2 N–H and O–H groups in total. The molecule has 84 valence electrons. The van der Waals surface area contributed by atoms with Crippen LogP contribution in [0.2, 0.25) is 5.15 Å². The Hall–Kier alpha value is -0.520. The summed E-state index contributed by atoms with van der Waals surface area (Å²) in [5, 5.41) is 13.2. The van der Waals surface area contributed by atoms with Gasteiger partial charge in [-0.25, -0.2) is 4.98 Å². The molecule has 1 aromatic heterocycles. The topological polar surface area (TPSA) is 58.0 Å². The minimum atomic E-state index is -0.761. The lowest BCUT2D eigenvalue weighted by Crippen LogP contribution is -2.36. The zero-order chi connectivity index (χ0) is 11.3. The van der Waals surface area contributed by atoms with Gasteiger partial charge in [-0.1, -0.05) is 11.6 Å². The van der Waals surface area contributed by atoms with E-state index in [1.165, 1.54) is 6.20 Å². The van der Waals surface area contributed by atoms with Crippen molar-refractivity contribution in [3.05, 3.63) is 17.5 Å². The normalized spacial score (nSPS) is 14.7. The first-order valence-corrected chi connectivity index (χ1v) is 6.23. The van der Waals surface area contributed by atoms with Crippen LogP contribution in [0.1, 0.15) is 6.92 Å². The summed E-state index contributed by atoms with van der Waals surface area (Å²) in [5.41, 5.74) is -0.761. The van der Waals surface area contributed by atoms with Crippen molar-refractivity contribution in [3.63, 3.8) is 0 Å². The largest absolute Gasteiger partial charge is 0.387 e. The Morgan fingerprint density at radius 1 is 1.60 bits per heavy atom. The highest BCUT2D eigenvalue weighted by molar-refractivity contribution is 7.98. The van der Waals surface area contributed by atoms with Gasteiger partial charge in [0.05, 0.1) is 18.0 Å². The van der Waals surface area contributed by atoms with Gasteiger partial charge in [-0.15, -0.1) is 0 Å². The molecule has 6 heteroatoms. The fourth-order valence-corrected chi connectivity index (χ4v) is 1.94. The number of aromatic nitrogens is 2. The predicted molar refractivity (Wildman–Crippen MR) is 64.5 cm³/mol. The van der Waals surface area contributed by atoms with Crippen molar-refractivity contribution < 1.29 is 5.11 Å². The number of rotatable bonds is 5. The Kier molecular flexibility index (Phi) is 4.63. The van der Waals surface area contributed by atoms with E-state index in [0.29, 0.717) is 23.3 Å². The van der Waals surface area contributed by atoms with E-state index in [1.807, 2.05) is 6.26 Å². The standard InChI is InChI=1S/C9H14ClN3OS/c1-9(14,6-15-2)5-12-8-4-11-3-7(10)13-8/h3-4,14H,5-6H2,1-2H3,(H,12,13)/t9-/m0/s1. The molecule has 0 bridgehead atoms. The van der Waals surface area contributed by atoms with Crippen LogP contribution in [0.25, 0.3) is 0 Å². The number of thioether (sulfide) groups is 1. The van der Waals surface area contributed by atoms with E-state index in [9.17, 15) is 5.11 Å². The molecule has 0 aliphatic rings. The average molecular weight is 248 g/mol. The fourth-order valence-electron chi connectivity index (χ4n) is 1.07. The second-order valence-corrected chi connectivity index (χ2v) is 4.76. The van der Waals surface area contributed by atoms with E-state index in [4.69, 9.17) is 11.6 Å². The molecular formula is C9H14ClN3OS. The van der Waals surface area contributed by atoms with Gasteiger partial charge in [0.25, 0.3) is 0 Å². The summed E-state index contributed by atoms with van der Waals surface area (Å²) in [6.45, 7) is 2.19. The lowest BCUT2D eigenvalue weighted by atomic mass is 10.1. The van der Waals surface area contributed by atoms with Gasteiger partial charge >= 0.3 is 0 Å². The number of nitrogens with one attached hydrogen (secondary N) is 1. The Morgan fingerprint density at radius 2 is 2.33 bits per heavy atom. The van der Waals surface area contributed by atoms with Crippen molar-refractivity contribution in [1.82, 2.24) is 9.97 Å². The minimum absolute atomic E-state index is 0.338. The van der Waals surface area contributed by atoms with Crippen LogP contribution < -0.4 is 5.32 Å². The summed E-state index contributed by atoms with van der Waals surface area (Å²) in [5.74, 6) is 1.23. The summed E-state index contributed by atoms with van der Waals surface area (Å²) in [7, 11) is 0. The molecule has 0 aliphatic carbocycles. The quantitative estimate of drug-likeness (QED) is 0.829. The molecule has 0 spiro atoms. The molecule has 0 saturated carbocycles. The lowest BCUT2D eigenvalue weighted by molar-refractivity contribution is 0.0996. The monoisotopic (exact) mass is 247 g/mol. The maximum absolute atomic E-state index is 9.88. The van der Waals surface area contributed by atoms with E-state index >= 15 is 0 Å². The Balaban J connectivity index is 2.49. The highest BCUT2D eigenvalue weighted by Gasteiger charge is 2.19. The molecule has 0 radical (unpaired) electrons. The first-order valence-electron chi connectivity index (χ1n) is 4.46. The third kappa shape index (κ3) is 4.68. The van der Waals surface area contributed by atoms with Gasteiger partial charge in [0.2, 0.25) is 0 Å². The van der Waals surface area contributed by atoms with Gasteiger partial charge in [-0.2, -0.15) is 11.8 Å². The van der Waals surface area contributed by atoms with Crippen LogP contribution >= 0.6 is 23.4 Å². The second kappa shape index (κ2) is 5.53. The first kappa shape index (κ1) is 12.5. The van der Waals surface area contributed by atoms with Gasteiger partial charge in [-0.05, 0) is 13.2 Å². The smallest absolute Gasteiger partial charge is 0.149 e. The molecule has 1 atom stereocenters. The lowest BCUT2D eigenvalue weighted by Gasteiger charge is -2.22. The molecule has 0 aromatic carbocycles. The van der Waals surface area contributed by atoms with Gasteiger partial charge < -0.3 is 10.4 Å². The fraction of sp³-hybridized carbons (Fsp3) is 0.556. The van der Waals surface area contributed by atoms with E-state index in [1.54, 1.807) is 24.9 Å². The maximum atomic E-state index is 9.88. The molecule has 1 rings (SSSR count). The third-order valence-electron chi connectivity index (χ3n) is 1.71. The summed E-state index contributed by atoms with van der Waals surface area (Å²) in [4.78, 5) is 7.90. The highest BCUT2D eigenvalue weighted by atomic mass is 35.5. The number of anilines is 1. The van der Waals surface area contributed by atoms with Crippen molar-refractivity contribution >= 4 is 29.2 Å². The number of hydrogen-bond donors (Lipinski definition) is 2. The zero-order valence-electron chi connectivity index (χ0n) is 8.70. The third-order valence-corrected chi connectivity index (χ3v) is 2.80. The summed E-state index contributed by atoms with van der Waals surface area (Å²) >= 11 is 7.27. The van der Waals surface area contributed by atoms with Crippen LogP contribution in [-0.2, 0) is 0 Å². The van der Waals surface area contributed by atoms with Crippen LogP contribution in [-0.4, -0.2) is 39.2 Å². The second-order valence-electron chi connectivity index (χ2n) is 3.51. The molecule has 0 fully saturated rings. The van der Waals surface area contributed by atoms with E-state index < -0.39 is 5.60 Å². The van der Waals surface area contributed by atoms with Crippen molar-refractivity contribution in [2.75, 3.05) is 23.9 Å². The maximum Gasteiger partial charge on any atom is 0.149 e. The Bertz CT molecular complexity index is 322. The van der Waals surface area contributed by atoms with Crippen LogP contribution in [0, 0.1) is 0 Å². The van der Waals surface area contributed by atoms with Crippen LogP contribution in [0.3, 0.4) is 0 Å². The molecule has 15 heavy (non-hydrogen) atoms. The number of aliphatic hydroxyl groups is 1. The van der Waals surface area contributed by atoms with Gasteiger partial charge in [0, 0.05) is 12.3 Å². The number of hydrogen-bond acceptors (Lipinski definition) is 5. The molecular weight excluding hydrogens is 234 g/mol. The molecule has 0 saturated heterocycles. The molecule has 0 unspecified atom stereocenters. The number of nitrogens with zero attached hydrogens (tertiary/aromatic N) is 2. The van der Waals surface area contributed by atoms with Crippen molar-refractivity contribution in [3.8, 4) is 0 Å². The molecule has 0 amide bonds. The van der Waals surface area contributed by atoms with Gasteiger partial charge in [-0.3, -0.25) is 4.98 Å². The molecule has 1 heterocycles. The van der Waals surface area contributed by atoms with Gasteiger partial charge in [0.1, 0.15) is 11.0 Å². The SMILES string of the molecule is CSC[C@@](C)(O)CNc1cncc(Cl)n1. The van der Waals surface area contributed by atoms with Gasteiger partial charge in [0.15, 0.2) is 0 Å². The zero-order valence-corrected chi connectivity index (χ0v) is 10.3. The molecule has 0 aliphatic heterocycles. The van der Waals surface area contributed by atoms with Crippen LogP contribution in [0.4, 0.5) is 5.82 Å². The predicted octanol–water partition coefficient (Wildman–Crippen LogP) is 1.66. The van der Waals surface area contributed by atoms with E-state index in [2.05, 4.69) is 15.3 Å². The first-order chi connectivity index (χ1) is 7.03. The molecule has 1 aromatic rings. The minimum Gasteiger partial charge on any atom is -0.387 e. The van der Waals surface area contributed by atoms with Crippen molar-refractivity contribution in [2.45, 2.75) is 12.5 Å². The van der Waals surface area contributed by atoms with Crippen molar-refractivity contribution in [2.24, 2.45) is 0 Å². The number of halogens is 1. The van der Waals surface area contributed by atoms with Crippen molar-refractivity contribution in [1.29, 1.82) is 0 Å². The summed E-state index contributed by atoms with van der Waals surface area (Å²) < 4.78 is 0. The Labute approximate surface area is 98.5 Å². The molecule has 4 nitrogen and oxygen atoms in total. The average Bonchev–Trinajstić information content (AvgIpc) is 2.15. The van der Waals surface area contributed by atoms with E-state index in [0.717, 1.165) is 0 Å². The van der Waals surface area contributed by atoms with E-state index in [-0.39, 0.29) is 0 Å². The summed E-state index contributed by atoms with van der Waals surface area (Å²) in [6, 6.07) is 0.